The summed E-state index contributed by atoms with van der Waals surface area (Å²) >= 11 is 0. The Morgan fingerprint density at radius 1 is 1.23 bits per heavy atom. The van der Waals surface area contributed by atoms with E-state index < -0.39 is 48.4 Å². The van der Waals surface area contributed by atoms with Crippen molar-refractivity contribution in [2.75, 3.05) is 6.61 Å². The molecule has 1 aromatic rings. The Bertz CT molecular complexity index is 556. The van der Waals surface area contributed by atoms with Crippen molar-refractivity contribution in [3.63, 3.8) is 0 Å². The van der Waals surface area contributed by atoms with Gasteiger partial charge in [0.2, 0.25) is 5.91 Å². The lowest BCUT2D eigenvalue weighted by Crippen LogP contribution is -2.43. The first kappa shape index (κ1) is 17.5. The van der Waals surface area contributed by atoms with E-state index in [4.69, 9.17) is 5.11 Å². The number of benzene rings is 1. The van der Waals surface area contributed by atoms with Crippen LogP contribution in [0.25, 0.3) is 0 Å². The first-order valence-electron chi connectivity index (χ1n) is 6.44. The molecule has 0 aliphatic heterocycles. The van der Waals surface area contributed by atoms with Crippen LogP contribution in [-0.4, -0.2) is 35.6 Å². The number of amides is 1. The third-order valence-corrected chi connectivity index (χ3v) is 2.60. The minimum atomic E-state index is -1.47. The Hall–Kier alpha value is -2.51. The summed E-state index contributed by atoms with van der Waals surface area (Å²) in [6.45, 7) is 1.65. The molecule has 1 rings (SSSR count). The molecule has 0 unspecified atom stereocenters. The quantitative estimate of drug-likeness (QED) is 0.733. The van der Waals surface area contributed by atoms with E-state index in [1.807, 2.05) is 0 Å². The molecule has 0 spiro atoms. The molecule has 0 saturated carbocycles. The largest absolute Gasteiger partial charge is 0.480 e. The first-order chi connectivity index (χ1) is 10.3. The Kier molecular flexibility index (Phi) is 6.43. The third-order valence-electron chi connectivity index (χ3n) is 2.60. The minimum absolute atomic E-state index is 0.0512. The van der Waals surface area contributed by atoms with E-state index in [2.05, 4.69) is 10.1 Å². The molecule has 0 aromatic heterocycles. The van der Waals surface area contributed by atoms with Crippen LogP contribution in [0, 0.1) is 11.6 Å². The zero-order valence-electron chi connectivity index (χ0n) is 11.8. The van der Waals surface area contributed by atoms with Crippen molar-refractivity contribution in [1.82, 2.24) is 5.32 Å². The topological polar surface area (TPSA) is 92.7 Å². The van der Waals surface area contributed by atoms with E-state index >= 15 is 0 Å². The maximum absolute atomic E-state index is 13.0. The molecule has 0 saturated heterocycles. The van der Waals surface area contributed by atoms with Crippen LogP contribution in [0.2, 0.25) is 0 Å². The van der Waals surface area contributed by atoms with Gasteiger partial charge in [-0.05, 0) is 24.6 Å². The number of halogens is 2. The van der Waals surface area contributed by atoms with Gasteiger partial charge >= 0.3 is 11.9 Å². The molecule has 1 aromatic carbocycles. The second-order valence-corrected chi connectivity index (χ2v) is 4.42. The molecule has 2 N–H and O–H groups in total. The number of carboxylic acid groups (broad SMARTS) is 1. The number of carbonyl (C=O) groups excluding carboxylic acids is 2. The highest BCUT2D eigenvalue weighted by Gasteiger charge is 2.24. The molecule has 0 fully saturated rings. The summed E-state index contributed by atoms with van der Waals surface area (Å²) in [5, 5.41) is 11.1. The lowest BCUT2D eigenvalue weighted by atomic mass is 10.1. The number of carbonyl (C=O) groups is 3. The van der Waals surface area contributed by atoms with Crippen LogP contribution in [0.3, 0.4) is 0 Å². The van der Waals surface area contributed by atoms with Crippen LogP contribution in [0.15, 0.2) is 18.2 Å². The Morgan fingerprint density at radius 2 is 1.82 bits per heavy atom. The minimum Gasteiger partial charge on any atom is -0.480 e. The summed E-state index contributed by atoms with van der Waals surface area (Å²) < 4.78 is 30.6. The van der Waals surface area contributed by atoms with Crippen molar-refractivity contribution in [3.05, 3.63) is 35.4 Å². The van der Waals surface area contributed by atoms with Crippen molar-refractivity contribution in [2.24, 2.45) is 0 Å². The lowest BCUT2D eigenvalue weighted by molar-refractivity contribution is -0.150. The molecule has 8 heteroatoms. The summed E-state index contributed by atoms with van der Waals surface area (Å²) in [6, 6.07) is 1.11. The van der Waals surface area contributed by atoms with E-state index in [-0.39, 0.29) is 12.2 Å². The zero-order chi connectivity index (χ0) is 16.7. The maximum atomic E-state index is 13.0. The van der Waals surface area contributed by atoms with Crippen LogP contribution >= 0.6 is 0 Å². The number of nitrogens with one attached hydrogen (secondary N) is 1. The van der Waals surface area contributed by atoms with Crippen LogP contribution in [-0.2, 0) is 25.5 Å². The Balaban J connectivity index is 2.67. The van der Waals surface area contributed by atoms with Crippen molar-refractivity contribution >= 4 is 17.8 Å². The first-order valence-corrected chi connectivity index (χ1v) is 6.44. The average molecular weight is 315 g/mol. The van der Waals surface area contributed by atoms with E-state index in [0.29, 0.717) is 6.07 Å². The van der Waals surface area contributed by atoms with Crippen LogP contribution in [0.4, 0.5) is 8.78 Å². The molecular formula is C14H15F2NO5. The number of hydrogen-bond acceptors (Lipinski definition) is 4. The van der Waals surface area contributed by atoms with E-state index in [1.54, 1.807) is 6.92 Å². The van der Waals surface area contributed by atoms with Gasteiger partial charge in [-0.1, -0.05) is 0 Å². The number of carboxylic acids is 1. The highest BCUT2D eigenvalue weighted by atomic mass is 19.1. The van der Waals surface area contributed by atoms with Gasteiger partial charge in [-0.2, -0.15) is 0 Å². The van der Waals surface area contributed by atoms with Crippen molar-refractivity contribution in [3.8, 4) is 0 Å². The fourth-order valence-corrected chi connectivity index (χ4v) is 1.73. The Morgan fingerprint density at radius 3 is 2.32 bits per heavy atom. The van der Waals surface area contributed by atoms with Gasteiger partial charge in [-0.15, -0.1) is 0 Å². The monoisotopic (exact) mass is 315 g/mol. The molecule has 1 amide bonds. The number of esters is 1. The number of hydrogen-bond donors (Lipinski definition) is 2. The maximum Gasteiger partial charge on any atom is 0.326 e. The predicted molar refractivity (Wildman–Crippen MR) is 70.9 cm³/mol. The van der Waals surface area contributed by atoms with Crippen LogP contribution in [0.5, 0.6) is 0 Å². The molecule has 6 nitrogen and oxygen atoms in total. The summed E-state index contributed by atoms with van der Waals surface area (Å²) in [7, 11) is 0. The highest BCUT2D eigenvalue weighted by molar-refractivity contribution is 5.88. The molecule has 0 heterocycles. The molecule has 0 aliphatic rings. The molecule has 0 bridgehead atoms. The smallest absolute Gasteiger partial charge is 0.326 e. The predicted octanol–water partition coefficient (Wildman–Crippen LogP) is 1.03. The molecule has 120 valence electrons. The molecule has 0 aliphatic carbocycles. The average Bonchev–Trinajstić information content (AvgIpc) is 2.36. The second kappa shape index (κ2) is 8.06. The fraction of sp³-hybridized carbons (Fsp3) is 0.357. The molecule has 0 radical (unpaired) electrons. The van der Waals surface area contributed by atoms with Crippen LogP contribution < -0.4 is 5.32 Å². The van der Waals surface area contributed by atoms with E-state index in [0.717, 1.165) is 12.1 Å². The SMILES string of the molecule is CCOC(=O)C[C@H](NC(=O)Cc1cc(F)cc(F)c1)C(=O)O. The van der Waals surface area contributed by atoms with Gasteiger partial charge < -0.3 is 15.2 Å². The van der Waals surface area contributed by atoms with Crippen molar-refractivity contribution in [2.45, 2.75) is 25.8 Å². The van der Waals surface area contributed by atoms with Gasteiger partial charge in [0.1, 0.15) is 17.7 Å². The summed E-state index contributed by atoms with van der Waals surface area (Å²) in [5.74, 6) is -4.64. The molecular weight excluding hydrogens is 300 g/mol. The fourth-order valence-electron chi connectivity index (χ4n) is 1.73. The third kappa shape index (κ3) is 5.86. The summed E-state index contributed by atoms with van der Waals surface area (Å²) in [5.41, 5.74) is 0.0512. The number of rotatable bonds is 7. The zero-order valence-corrected chi connectivity index (χ0v) is 11.8. The van der Waals surface area contributed by atoms with Crippen molar-refractivity contribution < 1.29 is 33.0 Å². The lowest BCUT2D eigenvalue weighted by Gasteiger charge is -2.13. The van der Waals surface area contributed by atoms with Gasteiger partial charge in [-0.25, -0.2) is 13.6 Å². The van der Waals surface area contributed by atoms with Crippen LogP contribution in [0.1, 0.15) is 18.9 Å². The van der Waals surface area contributed by atoms with Gasteiger partial charge in [0, 0.05) is 6.07 Å². The summed E-state index contributed by atoms with van der Waals surface area (Å²) in [6.07, 6.45) is -0.951. The van der Waals surface area contributed by atoms with Gasteiger partial charge in [-0.3, -0.25) is 9.59 Å². The van der Waals surface area contributed by atoms with Gasteiger partial charge in [0.25, 0.3) is 0 Å². The molecule has 22 heavy (non-hydrogen) atoms. The Labute approximate surface area is 125 Å². The molecule has 1 atom stereocenters. The number of ether oxygens (including phenoxy) is 1. The van der Waals surface area contributed by atoms with Gasteiger partial charge in [0.05, 0.1) is 19.4 Å². The second-order valence-electron chi connectivity index (χ2n) is 4.42. The van der Waals surface area contributed by atoms with E-state index in [1.165, 1.54) is 0 Å². The standard InChI is InChI=1S/C14H15F2NO5/c1-2-22-13(19)7-11(14(20)21)17-12(18)5-8-3-9(15)6-10(16)4-8/h3-4,6,11H,2,5,7H2,1H3,(H,17,18)(H,20,21)/t11-/m0/s1. The van der Waals surface area contributed by atoms with Crippen molar-refractivity contribution in [1.29, 1.82) is 0 Å². The number of aliphatic carboxylic acids is 1. The normalized spacial score (nSPS) is 11.6. The van der Waals surface area contributed by atoms with E-state index in [9.17, 15) is 23.2 Å². The van der Waals surface area contributed by atoms with Gasteiger partial charge in [0.15, 0.2) is 0 Å². The summed E-state index contributed by atoms with van der Waals surface area (Å²) in [4.78, 5) is 34.0. The highest BCUT2D eigenvalue weighted by Crippen LogP contribution is 2.09.